The molecule has 2 unspecified atom stereocenters. The fraction of sp³-hybridized carbons (Fsp3) is 0.381. The van der Waals surface area contributed by atoms with Gasteiger partial charge < -0.3 is 0 Å². The molecule has 2 aromatic rings. The molecule has 2 atom stereocenters. The first kappa shape index (κ1) is 16.2. The van der Waals surface area contributed by atoms with Gasteiger partial charge in [0.15, 0.2) is 0 Å². The fourth-order valence-corrected chi connectivity index (χ4v) is 4.22. The minimum absolute atomic E-state index is 0.0870. The van der Waals surface area contributed by atoms with E-state index in [-0.39, 0.29) is 6.03 Å². The van der Waals surface area contributed by atoms with Gasteiger partial charge in [0.05, 0.1) is 11.4 Å². The summed E-state index contributed by atoms with van der Waals surface area (Å²) in [5.41, 5.74) is 4.91. The number of fused-ring (bicyclic) bond motifs is 1. The highest BCUT2D eigenvalue weighted by Crippen LogP contribution is 2.35. The van der Waals surface area contributed by atoms with Crippen molar-refractivity contribution < 1.29 is 4.79 Å². The second kappa shape index (κ2) is 7.28. The number of carbonyl (C=O) groups is 1. The highest BCUT2D eigenvalue weighted by Gasteiger charge is 2.35. The standard InChI is InChI=1S/C21H25N3O/c25-21(22-23-15-17-9-7-8-10-18(17)16-23)24(19-11-3-1-4-12-19)20-13-5-2-6-14-20/h1-6,11-14,17-18H,7-10,15-16H2,(H,22,25). The largest absolute Gasteiger partial charge is 0.341 e. The number of benzene rings is 2. The molecule has 2 amide bonds. The van der Waals surface area contributed by atoms with E-state index in [4.69, 9.17) is 0 Å². The van der Waals surface area contributed by atoms with Crippen LogP contribution in [0.2, 0.25) is 0 Å². The van der Waals surface area contributed by atoms with Crippen molar-refractivity contribution in [3.05, 3.63) is 60.7 Å². The monoisotopic (exact) mass is 335 g/mol. The normalized spacial score (nSPS) is 23.0. The molecule has 1 aliphatic heterocycles. The Balaban J connectivity index is 1.52. The van der Waals surface area contributed by atoms with Crippen LogP contribution in [0.3, 0.4) is 0 Å². The van der Waals surface area contributed by atoms with E-state index in [2.05, 4.69) is 10.4 Å². The van der Waals surface area contributed by atoms with Gasteiger partial charge in [-0.15, -0.1) is 0 Å². The van der Waals surface area contributed by atoms with Crippen molar-refractivity contribution in [2.75, 3.05) is 18.0 Å². The summed E-state index contributed by atoms with van der Waals surface area (Å²) in [4.78, 5) is 14.8. The number of urea groups is 1. The second-order valence-electron chi connectivity index (χ2n) is 7.13. The molecule has 4 rings (SSSR count). The number of anilines is 2. The number of hydrazine groups is 1. The highest BCUT2D eigenvalue weighted by atomic mass is 16.2. The number of carbonyl (C=O) groups excluding carboxylic acids is 1. The molecular weight excluding hydrogens is 310 g/mol. The fourth-order valence-electron chi connectivity index (χ4n) is 4.22. The van der Waals surface area contributed by atoms with E-state index >= 15 is 0 Å². The van der Waals surface area contributed by atoms with E-state index in [1.165, 1.54) is 25.7 Å². The lowest BCUT2D eigenvalue weighted by Gasteiger charge is -2.26. The van der Waals surface area contributed by atoms with Crippen molar-refractivity contribution in [3.63, 3.8) is 0 Å². The van der Waals surface area contributed by atoms with Crippen molar-refractivity contribution in [1.82, 2.24) is 10.4 Å². The van der Waals surface area contributed by atoms with Crippen LogP contribution in [0.1, 0.15) is 25.7 Å². The van der Waals surface area contributed by atoms with Gasteiger partial charge in [0.1, 0.15) is 0 Å². The molecule has 0 bridgehead atoms. The lowest BCUT2D eigenvalue weighted by molar-refractivity contribution is 0.200. The maximum Gasteiger partial charge on any atom is 0.341 e. The zero-order valence-corrected chi connectivity index (χ0v) is 14.5. The van der Waals surface area contributed by atoms with Gasteiger partial charge in [-0.3, -0.25) is 10.3 Å². The van der Waals surface area contributed by atoms with Crippen molar-refractivity contribution in [3.8, 4) is 0 Å². The highest BCUT2D eigenvalue weighted by molar-refractivity contribution is 5.99. The minimum atomic E-state index is -0.0870. The van der Waals surface area contributed by atoms with Crippen LogP contribution in [0, 0.1) is 11.8 Å². The molecule has 1 saturated carbocycles. The Labute approximate surface area is 149 Å². The SMILES string of the molecule is O=C(NN1CC2CCCCC2C1)N(c1ccccc1)c1ccccc1. The maximum absolute atomic E-state index is 13.1. The van der Waals surface area contributed by atoms with Gasteiger partial charge in [-0.25, -0.2) is 9.80 Å². The smallest absolute Gasteiger partial charge is 0.270 e. The van der Waals surface area contributed by atoms with E-state index in [0.717, 1.165) is 36.3 Å². The Hall–Kier alpha value is -2.33. The van der Waals surface area contributed by atoms with Crippen LogP contribution in [-0.2, 0) is 0 Å². The van der Waals surface area contributed by atoms with E-state index in [9.17, 15) is 4.79 Å². The molecule has 1 saturated heterocycles. The summed E-state index contributed by atoms with van der Waals surface area (Å²) < 4.78 is 0. The predicted octanol–water partition coefficient (Wildman–Crippen LogP) is 4.57. The van der Waals surface area contributed by atoms with Crippen molar-refractivity contribution in [2.24, 2.45) is 11.8 Å². The summed E-state index contributed by atoms with van der Waals surface area (Å²) in [6.45, 7) is 1.96. The van der Waals surface area contributed by atoms with Crippen molar-refractivity contribution in [1.29, 1.82) is 0 Å². The van der Waals surface area contributed by atoms with Crippen LogP contribution in [0.15, 0.2) is 60.7 Å². The Morgan fingerprint density at radius 2 is 1.32 bits per heavy atom. The average molecular weight is 335 g/mol. The zero-order valence-electron chi connectivity index (χ0n) is 14.5. The van der Waals surface area contributed by atoms with Crippen molar-refractivity contribution >= 4 is 17.4 Å². The predicted molar refractivity (Wildman–Crippen MR) is 101 cm³/mol. The third kappa shape index (κ3) is 3.54. The van der Waals surface area contributed by atoms with E-state index in [0.29, 0.717) is 0 Å². The van der Waals surface area contributed by atoms with Gasteiger partial charge in [-0.2, -0.15) is 0 Å². The lowest BCUT2D eigenvalue weighted by atomic mass is 9.82. The minimum Gasteiger partial charge on any atom is -0.270 e. The van der Waals surface area contributed by atoms with E-state index in [1.54, 1.807) is 4.90 Å². The number of nitrogens with one attached hydrogen (secondary N) is 1. The van der Waals surface area contributed by atoms with Gasteiger partial charge in [-0.05, 0) is 48.9 Å². The lowest BCUT2D eigenvalue weighted by Crippen LogP contribution is -2.47. The summed E-state index contributed by atoms with van der Waals surface area (Å²) in [5.74, 6) is 1.49. The first-order valence-corrected chi connectivity index (χ1v) is 9.27. The third-order valence-corrected chi connectivity index (χ3v) is 5.46. The Morgan fingerprint density at radius 1 is 0.840 bits per heavy atom. The average Bonchev–Trinajstić information content (AvgIpc) is 3.06. The maximum atomic E-state index is 13.1. The first-order valence-electron chi connectivity index (χ1n) is 9.27. The molecule has 4 heteroatoms. The summed E-state index contributed by atoms with van der Waals surface area (Å²) in [7, 11) is 0. The van der Waals surface area contributed by atoms with Crippen LogP contribution in [-0.4, -0.2) is 24.1 Å². The van der Waals surface area contributed by atoms with Gasteiger partial charge >= 0.3 is 6.03 Å². The molecule has 1 aliphatic carbocycles. The molecule has 1 N–H and O–H groups in total. The Kier molecular flexibility index (Phi) is 4.70. The molecule has 0 spiro atoms. The number of nitrogens with zero attached hydrogens (tertiary/aromatic N) is 2. The zero-order chi connectivity index (χ0) is 17.1. The molecule has 2 fully saturated rings. The number of hydrogen-bond acceptors (Lipinski definition) is 2. The molecule has 2 aromatic carbocycles. The van der Waals surface area contributed by atoms with Gasteiger partial charge in [0, 0.05) is 13.1 Å². The van der Waals surface area contributed by atoms with Gasteiger partial charge in [0.25, 0.3) is 0 Å². The molecular formula is C21H25N3O. The molecule has 0 aromatic heterocycles. The third-order valence-electron chi connectivity index (χ3n) is 5.46. The van der Waals surface area contributed by atoms with Crippen LogP contribution in [0.5, 0.6) is 0 Å². The van der Waals surface area contributed by atoms with E-state index < -0.39 is 0 Å². The quantitative estimate of drug-likeness (QED) is 0.892. The number of rotatable bonds is 3. The van der Waals surface area contributed by atoms with Crippen LogP contribution < -0.4 is 10.3 Å². The topological polar surface area (TPSA) is 35.6 Å². The molecule has 4 nitrogen and oxygen atoms in total. The summed E-state index contributed by atoms with van der Waals surface area (Å²) in [6.07, 6.45) is 5.28. The Bertz CT molecular complexity index is 650. The van der Waals surface area contributed by atoms with E-state index in [1.807, 2.05) is 60.7 Å². The van der Waals surface area contributed by atoms with Crippen LogP contribution in [0.25, 0.3) is 0 Å². The summed E-state index contributed by atoms with van der Waals surface area (Å²) >= 11 is 0. The number of hydrogen-bond donors (Lipinski definition) is 1. The van der Waals surface area contributed by atoms with Gasteiger partial charge in [0.2, 0.25) is 0 Å². The van der Waals surface area contributed by atoms with Crippen molar-refractivity contribution in [2.45, 2.75) is 25.7 Å². The van der Waals surface area contributed by atoms with Gasteiger partial charge in [-0.1, -0.05) is 49.2 Å². The second-order valence-corrected chi connectivity index (χ2v) is 7.13. The number of amides is 2. The molecule has 0 radical (unpaired) electrons. The summed E-state index contributed by atoms with van der Waals surface area (Å²) in [5, 5.41) is 2.13. The molecule has 130 valence electrons. The molecule has 1 heterocycles. The summed E-state index contributed by atoms with van der Waals surface area (Å²) in [6, 6.07) is 19.6. The van der Waals surface area contributed by atoms with Crippen LogP contribution >= 0.6 is 0 Å². The molecule has 25 heavy (non-hydrogen) atoms. The molecule has 2 aliphatic rings. The first-order chi connectivity index (χ1) is 12.3. The Morgan fingerprint density at radius 3 is 1.80 bits per heavy atom. The number of para-hydroxylation sites is 2. The van der Waals surface area contributed by atoms with Crippen LogP contribution in [0.4, 0.5) is 16.2 Å².